The first-order valence-corrected chi connectivity index (χ1v) is 2.84. The number of rotatable bonds is 0. The van der Waals surface area contributed by atoms with Crippen LogP contribution in [-0.4, -0.2) is 24.5 Å². The van der Waals surface area contributed by atoms with Crippen molar-refractivity contribution in [2.24, 2.45) is 5.73 Å². The molecule has 7 heavy (non-hydrogen) atoms. The second-order valence-corrected chi connectivity index (χ2v) is 2.40. The monoisotopic (exact) mass is 120 g/mol. The summed E-state index contributed by atoms with van der Waals surface area (Å²) in [5, 5.41) is 3.22. The van der Waals surface area contributed by atoms with Gasteiger partial charge >= 0.3 is 0 Å². The highest BCUT2D eigenvalue weighted by molar-refractivity contribution is 6.21. The molecular formula is C4H9ClN2. The maximum Gasteiger partial charge on any atom is 0.0623 e. The molecule has 3 heteroatoms. The summed E-state index contributed by atoms with van der Waals surface area (Å²) in [5.74, 6) is 0. The van der Waals surface area contributed by atoms with Crippen LogP contribution in [0.4, 0.5) is 0 Å². The smallest absolute Gasteiger partial charge is 0.0623 e. The van der Waals surface area contributed by atoms with Crippen LogP contribution in [0.2, 0.25) is 0 Å². The van der Waals surface area contributed by atoms with Crippen molar-refractivity contribution in [1.82, 2.24) is 5.32 Å². The topological polar surface area (TPSA) is 38.0 Å². The third kappa shape index (κ3) is 1.06. The van der Waals surface area contributed by atoms with Gasteiger partial charge in [-0.05, 0) is 0 Å². The van der Waals surface area contributed by atoms with Gasteiger partial charge < -0.3 is 11.1 Å². The van der Waals surface area contributed by atoms with Crippen LogP contribution in [0.15, 0.2) is 0 Å². The van der Waals surface area contributed by atoms with E-state index in [0.717, 1.165) is 13.1 Å². The zero-order chi connectivity index (χ0) is 5.28. The van der Waals surface area contributed by atoms with Crippen molar-refractivity contribution in [3.8, 4) is 0 Å². The van der Waals surface area contributed by atoms with Crippen LogP contribution in [0.5, 0.6) is 0 Å². The van der Waals surface area contributed by atoms with E-state index in [1.54, 1.807) is 0 Å². The Labute approximate surface area is 48.0 Å². The average Bonchev–Trinajstić information content (AvgIpc) is 1.91. The van der Waals surface area contributed by atoms with E-state index in [1.165, 1.54) is 0 Å². The molecule has 2 atom stereocenters. The molecule has 1 rings (SSSR count). The van der Waals surface area contributed by atoms with Crippen LogP contribution >= 0.6 is 11.6 Å². The van der Waals surface area contributed by atoms with E-state index in [-0.39, 0.29) is 11.4 Å². The molecule has 0 spiro atoms. The number of nitrogens with two attached hydrogens (primary N) is 1. The van der Waals surface area contributed by atoms with Gasteiger partial charge in [-0.25, -0.2) is 0 Å². The van der Waals surface area contributed by atoms with Crippen LogP contribution in [-0.2, 0) is 0 Å². The molecular weight excluding hydrogens is 112 g/mol. The predicted octanol–water partition coefficient (Wildman–Crippen LogP) is -0.476. The second-order valence-electron chi connectivity index (χ2n) is 1.84. The summed E-state index contributed by atoms with van der Waals surface area (Å²) >= 11 is 5.68. The van der Waals surface area contributed by atoms with Crippen molar-refractivity contribution < 1.29 is 0 Å². The second kappa shape index (κ2) is 1.99. The minimum Gasteiger partial charge on any atom is -0.325 e. The molecule has 0 amide bonds. The predicted molar refractivity (Wildman–Crippen MR) is 30.5 cm³/mol. The van der Waals surface area contributed by atoms with Gasteiger partial charge in [0, 0.05) is 19.1 Å². The Morgan fingerprint density at radius 2 is 2.29 bits per heavy atom. The Balaban J connectivity index is 2.33. The molecule has 2 nitrogen and oxygen atoms in total. The fourth-order valence-corrected chi connectivity index (χ4v) is 0.865. The van der Waals surface area contributed by atoms with E-state index in [0.29, 0.717) is 0 Å². The van der Waals surface area contributed by atoms with Gasteiger partial charge in [0.15, 0.2) is 0 Å². The van der Waals surface area contributed by atoms with Crippen LogP contribution in [0.1, 0.15) is 0 Å². The molecule has 1 saturated heterocycles. The highest BCUT2D eigenvalue weighted by Crippen LogP contribution is 2.03. The van der Waals surface area contributed by atoms with Crippen LogP contribution in [0.3, 0.4) is 0 Å². The van der Waals surface area contributed by atoms with E-state index in [1.807, 2.05) is 0 Å². The summed E-state index contributed by atoms with van der Waals surface area (Å²) in [4.78, 5) is 0. The van der Waals surface area contributed by atoms with Crippen molar-refractivity contribution in [1.29, 1.82) is 0 Å². The number of alkyl halides is 1. The lowest BCUT2D eigenvalue weighted by molar-refractivity contribution is 0.747. The first-order valence-electron chi connectivity index (χ1n) is 2.41. The van der Waals surface area contributed by atoms with Crippen molar-refractivity contribution in [2.75, 3.05) is 13.1 Å². The third-order valence-corrected chi connectivity index (χ3v) is 1.66. The van der Waals surface area contributed by atoms with Gasteiger partial charge in [0.1, 0.15) is 0 Å². The third-order valence-electron chi connectivity index (χ3n) is 1.18. The fourth-order valence-electron chi connectivity index (χ4n) is 0.667. The van der Waals surface area contributed by atoms with Gasteiger partial charge in [-0.1, -0.05) is 0 Å². The molecule has 2 unspecified atom stereocenters. The molecule has 0 aromatic heterocycles. The van der Waals surface area contributed by atoms with Gasteiger partial charge in [-0.3, -0.25) is 0 Å². The van der Waals surface area contributed by atoms with Gasteiger partial charge in [0.2, 0.25) is 0 Å². The van der Waals surface area contributed by atoms with E-state index in [9.17, 15) is 0 Å². The van der Waals surface area contributed by atoms with Gasteiger partial charge in [-0.2, -0.15) is 0 Å². The Bertz CT molecular complexity index is 58.7. The molecule has 1 fully saturated rings. The average molecular weight is 121 g/mol. The maximum atomic E-state index is 5.68. The molecule has 0 aromatic rings. The first-order chi connectivity index (χ1) is 3.30. The first kappa shape index (κ1) is 5.35. The summed E-state index contributed by atoms with van der Waals surface area (Å²) in [6.07, 6.45) is 0. The highest BCUT2D eigenvalue weighted by atomic mass is 35.5. The van der Waals surface area contributed by atoms with E-state index in [4.69, 9.17) is 17.3 Å². The Hall–Kier alpha value is 0.210. The van der Waals surface area contributed by atoms with E-state index >= 15 is 0 Å². The molecule has 0 bridgehead atoms. The lowest BCUT2D eigenvalue weighted by Crippen LogP contribution is -2.29. The molecule has 0 saturated carbocycles. The van der Waals surface area contributed by atoms with Crippen molar-refractivity contribution >= 4 is 11.6 Å². The van der Waals surface area contributed by atoms with Gasteiger partial charge in [-0.15, -0.1) is 11.6 Å². The molecule has 42 valence electrons. The normalized spacial score (nSPS) is 42.0. The summed E-state index contributed by atoms with van der Waals surface area (Å²) in [6.45, 7) is 1.73. The molecule has 0 aliphatic carbocycles. The maximum absolute atomic E-state index is 5.68. The lowest BCUT2D eigenvalue weighted by Gasteiger charge is -2.01. The molecule has 1 aliphatic heterocycles. The molecule has 0 radical (unpaired) electrons. The van der Waals surface area contributed by atoms with Gasteiger partial charge in [0.05, 0.1) is 5.38 Å². The lowest BCUT2D eigenvalue weighted by atomic mass is 10.3. The standard InChI is InChI=1S/C4H9ClN2/c5-3-1-7-2-4(3)6/h3-4,7H,1-2,6H2. The molecule has 1 heterocycles. The van der Waals surface area contributed by atoms with Crippen LogP contribution in [0.25, 0.3) is 0 Å². The Morgan fingerprint density at radius 1 is 1.57 bits per heavy atom. The number of nitrogens with one attached hydrogen (secondary N) is 1. The summed E-state index contributed by atoms with van der Waals surface area (Å²) < 4.78 is 0. The van der Waals surface area contributed by atoms with Crippen molar-refractivity contribution in [3.63, 3.8) is 0 Å². The van der Waals surface area contributed by atoms with Crippen molar-refractivity contribution in [3.05, 3.63) is 0 Å². The zero-order valence-electron chi connectivity index (χ0n) is 4.02. The fraction of sp³-hybridized carbons (Fsp3) is 1.00. The Kier molecular flexibility index (Phi) is 1.52. The summed E-state index contributed by atoms with van der Waals surface area (Å²) in [6, 6.07) is 0.168. The van der Waals surface area contributed by atoms with E-state index in [2.05, 4.69) is 5.32 Å². The summed E-state index contributed by atoms with van der Waals surface area (Å²) in [5.41, 5.74) is 5.48. The van der Waals surface area contributed by atoms with Crippen molar-refractivity contribution in [2.45, 2.75) is 11.4 Å². The molecule has 3 N–H and O–H groups in total. The van der Waals surface area contributed by atoms with E-state index < -0.39 is 0 Å². The van der Waals surface area contributed by atoms with Crippen LogP contribution < -0.4 is 11.1 Å². The number of halogens is 1. The minimum atomic E-state index is 0.153. The number of hydrogen-bond donors (Lipinski definition) is 2. The SMILES string of the molecule is NC1CNCC1Cl. The quantitative estimate of drug-likeness (QED) is 0.424. The van der Waals surface area contributed by atoms with Crippen LogP contribution in [0, 0.1) is 0 Å². The Morgan fingerprint density at radius 3 is 2.43 bits per heavy atom. The highest BCUT2D eigenvalue weighted by Gasteiger charge is 2.19. The molecule has 0 aromatic carbocycles. The zero-order valence-corrected chi connectivity index (χ0v) is 4.78. The minimum absolute atomic E-state index is 0.153. The largest absolute Gasteiger partial charge is 0.325 e. The number of hydrogen-bond acceptors (Lipinski definition) is 2. The van der Waals surface area contributed by atoms with Gasteiger partial charge in [0.25, 0.3) is 0 Å². The molecule has 1 aliphatic rings. The summed E-state index contributed by atoms with van der Waals surface area (Å²) in [7, 11) is 0.